The van der Waals surface area contributed by atoms with Crippen molar-refractivity contribution < 1.29 is 0 Å². The van der Waals surface area contributed by atoms with Crippen LogP contribution in [0.2, 0.25) is 0 Å². The van der Waals surface area contributed by atoms with Gasteiger partial charge in [-0.25, -0.2) is 4.98 Å². The summed E-state index contributed by atoms with van der Waals surface area (Å²) in [5.41, 5.74) is 6.77. The summed E-state index contributed by atoms with van der Waals surface area (Å²) >= 11 is 0. The summed E-state index contributed by atoms with van der Waals surface area (Å²) in [5, 5.41) is 0. The van der Waals surface area contributed by atoms with E-state index in [1.54, 1.807) is 6.33 Å². The third kappa shape index (κ3) is 1.73. The zero-order chi connectivity index (χ0) is 8.43. The number of anilines is 1. The van der Waals surface area contributed by atoms with Crippen LogP contribution in [0.15, 0.2) is 6.33 Å². The van der Waals surface area contributed by atoms with Gasteiger partial charge in [-0.1, -0.05) is 13.8 Å². The van der Waals surface area contributed by atoms with Crippen molar-refractivity contribution in [1.82, 2.24) is 9.55 Å². The molecule has 0 aliphatic rings. The molecule has 0 spiro atoms. The second-order valence-corrected chi connectivity index (χ2v) is 3.29. The van der Waals surface area contributed by atoms with Crippen LogP contribution in [0.3, 0.4) is 0 Å². The number of hydrogen-bond acceptors (Lipinski definition) is 2. The summed E-state index contributed by atoms with van der Waals surface area (Å²) in [6, 6.07) is 0. The van der Waals surface area contributed by atoms with Crippen molar-refractivity contribution in [3.63, 3.8) is 0 Å². The zero-order valence-corrected chi connectivity index (χ0v) is 7.33. The average Bonchev–Trinajstić information content (AvgIpc) is 2.18. The molecule has 2 N–H and O–H groups in total. The molecule has 0 aliphatic heterocycles. The van der Waals surface area contributed by atoms with Gasteiger partial charge in [0.2, 0.25) is 0 Å². The van der Waals surface area contributed by atoms with Crippen molar-refractivity contribution in [3.05, 3.63) is 12.0 Å². The van der Waals surface area contributed by atoms with Crippen molar-refractivity contribution in [3.8, 4) is 0 Å². The Hall–Kier alpha value is -0.990. The maximum atomic E-state index is 5.75. The van der Waals surface area contributed by atoms with E-state index >= 15 is 0 Å². The molecule has 0 atom stereocenters. The maximum absolute atomic E-state index is 5.75. The summed E-state index contributed by atoms with van der Waals surface area (Å²) in [4.78, 5) is 4.19. The molecular weight excluding hydrogens is 138 g/mol. The van der Waals surface area contributed by atoms with Crippen LogP contribution in [0.25, 0.3) is 0 Å². The lowest BCUT2D eigenvalue weighted by molar-refractivity contribution is 0.638. The molecule has 1 rings (SSSR count). The van der Waals surface area contributed by atoms with Gasteiger partial charge in [-0.15, -0.1) is 0 Å². The van der Waals surface area contributed by atoms with Crippen molar-refractivity contribution in [2.75, 3.05) is 5.73 Å². The van der Waals surface area contributed by atoms with Gasteiger partial charge in [0.15, 0.2) is 0 Å². The Bertz CT molecular complexity index is 237. The molecule has 1 heterocycles. The molecule has 3 nitrogen and oxygen atoms in total. The first-order valence-electron chi connectivity index (χ1n) is 3.87. The Balaban J connectivity index is 2.79. The van der Waals surface area contributed by atoms with Crippen LogP contribution in [-0.2, 0) is 13.5 Å². The highest BCUT2D eigenvalue weighted by molar-refractivity contribution is 5.35. The van der Waals surface area contributed by atoms with Crippen LogP contribution in [-0.4, -0.2) is 9.55 Å². The Morgan fingerprint density at radius 3 is 2.64 bits per heavy atom. The lowest BCUT2D eigenvalue weighted by Crippen LogP contribution is -2.01. The van der Waals surface area contributed by atoms with Gasteiger partial charge in [-0.2, -0.15) is 0 Å². The van der Waals surface area contributed by atoms with E-state index in [1.165, 1.54) is 0 Å². The Morgan fingerprint density at radius 1 is 1.64 bits per heavy atom. The molecule has 0 unspecified atom stereocenters. The quantitative estimate of drug-likeness (QED) is 0.693. The largest absolute Gasteiger partial charge is 0.384 e. The van der Waals surface area contributed by atoms with E-state index in [2.05, 4.69) is 18.8 Å². The molecule has 3 heteroatoms. The Labute approximate surface area is 67.2 Å². The number of nitrogen functional groups attached to an aromatic ring is 1. The van der Waals surface area contributed by atoms with E-state index in [4.69, 9.17) is 5.73 Å². The number of imidazole rings is 1. The van der Waals surface area contributed by atoms with E-state index < -0.39 is 0 Å². The van der Waals surface area contributed by atoms with Gasteiger partial charge < -0.3 is 10.3 Å². The molecule has 0 aliphatic carbocycles. The number of nitrogens with zero attached hydrogens (tertiary/aromatic N) is 2. The average molecular weight is 153 g/mol. The highest BCUT2D eigenvalue weighted by atomic mass is 15.1. The molecule has 1 aromatic rings. The van der Waals surface area contributed by atoms with E-state index in [9.17, 15) is 0 Å². The van der Waals surface area contributed by atoms with Gasteiger partial charge in [-0.3, -0.25) is 0 Å². The van der Waals surface area contributed by atoms with Crippen LogP contribution in [0.1, 0.15) is 19.5 Å². The summed E-state index contributed by atoms with van der Waals surface area (Å²) in [6.07, 6.45) is 2.72. The first-order valence-corrected chi connectivity index (χ1v) is 3.87. The summed E-state index contributed by atoms with van der Waals surface area (Å²) in [6.45, 7) is 4.32. The third-order valence-corrected chi connectivity index (χ3v) is 1.66. The predicted octanol–water partition coefficient (Wildman–Crippen LogP) is 1.20. The van der Waals surface area contributed by atoms with Gasteiger partial charge in [-0.05, 0) is 12.3 Å². The number of rotatable bonds is 2. The molecule has 0 aromatic carbocycles. The van der Waals surface area contributed by atoms with Gasteiger partial charge in [0, 0.05) is 7.05 Å². The first-order chi connectivity index (χ1) is 5.11. The lowest BCUT2D eigenvalue weighted by atomic mass is 10.1. The maximum Gasteiger partial charge on any atom is 0.126 e. The minimum atomic E-state index is 0.618. The molecular formula is C8H15N3. The van der Waals surface area contributed by atoms with E-state index in [0.29, 0.717) is 5.92 Å². The van der Waals surface area contributed by atoms with Crippen LogP contribution in [0.5, 0.6) is 0 Å². The van der Waals surface area contributed by atoms with Crippen LogP contribution in [0.4, 0.5) is 5.82 Å². The van der Waals surface area contributed by atoms with Crippen molar-refractivity contribution in [1.29, 1.82) is 0 Å². The third-order valence-electron chi connectivity index (χ3n) is 1.66. The first kappa shape index (κ1) is 8.11. The number of aromatic nitrogens is 2. The second kappa shape index (κ2) is 2.95. The summed E-state index contributed by atoms with van der Waals surface area (Å²) < 4.78 is 1.84. The van der Waals surface area contributed by atoms with E-state index in [0.717, 1.165) is 17.9 Å². The molecule has 11 heavy (non-hydrogen) atoms. The SMILES string of the molecule is CC(C)Cc1ncn(C)c1N. The molecule has 0 bridgehead atoms. The van der Waals surface area contributed by atoms with E-state index in [-0.39, 0.29) is 0 Å². The van der Waals surface area contributed by atoms with Crippen molar-refractivity contribution in [2.24, 2.45) is 13.0 Å². The normalized spacial score (nSPS) is 10.9. The molecule has 0 radical (unpaired) electrons. The fourth-order valence-corrected chi connectivity index (χ4v) is 1.03. The monoisotopic (exact) mass is 153 g/mol. The summed E-state index contributed by atoms with van der Waals surface area (Å²) in [5.74, 6) is 1.41. The molecule has 0 saturated carbocycles. The number of nitrogens with two attached hydrogens (primary N) is 1. The lowest BCUT2D eigenvalue weighted by Gasteiger charge is -2.02. The molecule has 1 aromatic heterocycles. The summed E-state index contributed by atoms with van der Waals surface area (Å²) in [7, 11) is 1.91. The predicted molar refractivity (Wildman–Crippen MR) is 46.2 cm³/mol. The second-order valence-electron chi connectivity index (χ2n) is 3.29. The minimum absolute atomic E-state index is 0.618. The van der Waals surface area contributed by atoms with Crippen LogP contribution < -0.4 is 5.73 Å². The van der Waals surface area contributed by atoms with E-state index in [1.807, 2.05) is 11.6 Å². The highest BCUT2D eigenvalue weighted by Crippen LogP contribution is 2.12. The van der Waals surface area contributed by atoms with Gasteiger partial charge in [0.05, 0.1) is 12.0 Å². The van der Waals surface area contributed by atoms with Crippen LogP contribution >= 0.6 is 0 Å². The Morgan fingerprint density at radius 2 is 2.27 bits per heavy atom. The molecule has 0 amide bonds. The van der Waals surface area contributed by atoms with Gasteiger partial charge in [0.1, 0.15) is 5.82 Å². The minimum Gasteiger partial charge on any atom is -0.384 e. The molecule has 0 saturated heterocycles. The van der Waals surface area contributed by atoms with Gasteiger partial charge in [0.25, 0.3) is 0 Å². The van der Waals surface area contributed by atoms with Crippen molar-refractivity contribution in [2.45, 2.75) is 20.3 Å². The Kier molecular flexibility index (Phi) is 2.17. The fraction of sp³-hybridized carbons (Fsp3) is 0.625. The smallest absolute Gasteiger partial charge is 0.126 e. The standard InChI is InChI=1S/C8H15N3/c1-6(2)4-7-8(9)11(3)5-10-7/h5-6H,4,9H2,1-3H3. The van der Waals surface area contributed by atoms with Crippen molar-refractivity contribution >= 4 is 5.82 Å². The zero-order valence-electron chi connectivity index (χ0n) is 7.33. The molecule has 62 valence electrons. The number of hydrogen-bond donors (Lipinski definition) is 1. The fourth-order valence-electron chi connectivity index (χ4n) is 1.03. The number of aryl methyl sites for hydroxylation is 1. The molecule has 0 fully saturated rings. The highest BCUT2D eigenvalue weighted by Gasteiger charge is 2.05. The van der Waals surface area contributed by atoms with Crippen LogP contribution in [0, 0.1) is 5.92 Å². The topological polar surface area (TPSA) is 43.8 Å². The van der Waals surface area contributed by atoms with Gasteiger partial charge >= 0.3 is 0 Å².